The van der Waals surface area contributed by atoms with E-state index in [-0.39, 0.29) is 37.0 Å². The van der Waals surface area contributed by atoms with Crippen LogP contribution in [-0.2, 0) is 37.0 Å². The Bertz CT molecular complexity index is 1350. The lowest BCUT2D eigenvalue weighted by atomic mass is 9.99. The number of carbonyl (C=O) groups excluding carboxylic acids is 2. The van der Waals surface area contributed by atoms with Crippen LogP contribution < -0.4 is 5.32 Å². The van der Waals surface area contributed by atoms with Gasteiger partial charge in [0.1, 0.15) is 5.75 Å². The molecule has 10 nitrogen and oxygen atoms in total. The van der Waals surface area contributed by atoms with Gasteiger partial charge in [0.05, 0.1) is 24.9 Å². The number of aromatic hydroxyl groups is 1. The highest BCUT2D eigenvalue weighted by atomic mass is 16.7. The van der Waals surface area contributed by atoms with Gasteiger partial charge in [-0.05, 0) is 48.4 Å². The summed E-state index contributed by atoms with van der Waals surface area (Å²) in [7, 11) is 1.91. The molecule has 43 heavy (non-hydrogen) atoms. The third-order valence-corrected chi connectivity index (χ3v) is 7.30. The third-order valence-electron chi connectivity index (χ3n) is 7.30. The predicted molar refractivity (Wildman–Crippen MR) is 159 cm³/mol. The second-order valence-corrected chi connectivity index (χ2v) is 10.9. The molecule has 1 aliphatic rings. The number of aliphatic hydroxyl groups excluding tert-OH is 2. The van der Waals surface area contributed by atoms with Crippen molar-refractivity contribution in [3.63, 3.8) is 0 Å². The molecule has 1 amide bonds. The van der Waals surface area contributed by atoms with Crippen molar-refractivity contribution >= 4 is 11.9 Å². The number of benzene rings is 3. The van der Waals surface area contributed by atoms with E-state index < -0.39 is 24.5 Å². The highest BCUT2D eigenvalue weighted by Crippen LogP contribution is 2.38. The molecule has 4 N–H and O–H groups in total. The van der Waals surface area contributed by atoms with Crippen molar-refractivity contribution in [3.8, 4) is 5.75 Å². The van der Waals surface area contributed by atoms with E-state index in [1.165, 1.54) is 13.8 Å². The van der Waals surface area contributed by atoms with Crippen molar-refractivity contribution in [3.05, 3.63) is 101 Å². The number of ether oxygens (including phenoxy) is 3. The molecule has 0 saturated carbocycles. The fourth-order valence-corrected chi connectivity index (χ4v) is 5.02. The van der Waals surface area contributed by atoms with Gasteiger partial charge in [-0.1, -0.05) is 60.7 Å². The van der Waals surface area contributed by atoms with E-state index in [1.807, 2.05) is 60.5 Å². The van der Waals surface area contributed by atoms with Gasteiger partial charge in [0.2, 0.25) is 0 Å². The van der Waals surface area contributed by atoms with Crippen molar-refractivity contribution < 1.29 is 39.1 Å². The summed E-state index contributed by atoms with van der Waals surface area (Å²) in [6.45, 7) is 3.89. The summed E-state index contributed by atoms with van der Waals surface area (Å²) in [6.07, 6.45) is -2.20. The van der Waals surface area contributed by atoms with E-state index in [2.05, 4.69) is 5.32 Å². The van der Waals surface area contributed by atoms with Gasteiger partial charge < -0.3 is 39.7 Å². The fraction of sp³-hybridized carbons (Fsp3) is 0.394. The molecule has 0 bridgehead atoms. The van der Waals surface area contributed by atoms with Crippen LogP contribution >= 0.6 is 0 Å². The molecule has 5 atom stereocenters. The van der Waals surface area contributed by atoms with Crippen molar-refractivity contribution in [2.45, 2.75) is 64.1 Å². The molecule has 1 saturated heterocycles. The maximum Gasteiger partial charge on any atom is 0.303 e. The lowest BCUT2D eigenvalue weighted by Gasteiger charge is -2.38. The van der Waals surface area contributed by atoms with Gasteiger partial charge in [-0.15, -0.1) is 0 Å². The highest BCUT2D eigenvalue weighted by molar-refractivity contribution is 5.82. The molecule has 4 rings (SSSR count). The highest BCUT2D eigenvalue weighted by Gasteiger charge is 2.33. The van der Waals surface area contributed by atoms with Crippen molar-refractivity contribution in [2.24, 2.45) is 0 Å². The average Bonchev–Trinajstić information content (AvgIpc) is 2.99. The third kappa shape index (κ3) is 9.34. The van der Waals surface area contributed by atoms with Crippen LogP contribution in [0.4, 0.5) is 0 Å². The van der Waals surface area contributed by atoms with E-state index in [0.717, 1.165) is 22.3 Å². The number of amides is 1. The van der Waals surface area contributed by atoms with Crippen molar-refractivity contribution in [1.82, 2.24) is 10.2 Å². The van der Waals surface area contributed by atoms with Gasteiger partial charge in [-0.3, -0.25) is 9.59 Å². The maximum absolute atomic E-state index is 12.2. The second-order valence-electron chi connectivity index (χ2n) is 10.9. The molecule has 3 aromatic rings. The molecular weight excluding hydrogens is 552 g/mol. The number of hydrogen-bond acceptors (Lipinski definition) is 9. The van der Waals surface area contributed by atoms with E-state index in [9.17, 15) is 24.9 Å². The summed E-state index contributed by atoms with van der Waals surface area (Å²) in [6, 6.07) is 21.8. The first-order valence-electron chi connectivity index (χ1n) is 14.3. The molecule has 1 aliphatic heterocycles. The van der Waals surface area contributed by atoms with Crippen LogP contribution in [0.1, 0.15) is 66.6 Å². The summed E-state index contributed by atoms with van der Waals surface area (Å²) in [5.74, 6) is -0.788. The molecule has 1 heterocycles. The minimum atomic E-state index is -0.875. The van der Waals surface area contributed by atoms with Crippen molar-refractivity contribution in [2.75, 3.05) is 20.1 Å². The number of nitrogens with zero attached hydrogens (tertiary/aromatic N) is 1. The van der Waals surface area contributed by atoms with Crippen LogP contribution in [0.3, 0.4) is 0 Å². The zero-order chi connectivity index (χ0) is 30.9. The van der Waals surface area contributed by atoms with Gasteiger partial charge in [0.15, 0.2) is 12.4 Å². The van der Waals surface area contributed by atoms with Gasteiger partial charge in [-0.25, -0.2) is 0 Å². The zero-order valence-electron chi connectivity index (χ0n) is 24.7. The predicted octanol–water partition coefficient (Wildman–Crippen LogP) is 3.66. The topological polar surface area (TPSA) is 138 Å². The Morgan fingerprint density at radius 2 is 1.70 bits per heavy atom. The number of phenols is 1. The number of aliphatic hydroxyl groups is 2. The van der Waals surface area contributed by atoms with Crippen LogP contribution in [-0.4, -0.2) is 64.4 Å². The Balaban J connectivity index is 1.44. The van der Waals surface area contributed by atoms with E-state index in [0.29, 0.717) is 25.1 Å². The number of nitrogens with one attached hydrogen (secondary N) is 1. The number of likely N-dealkylation sites (N-methyl/N-ethyl adjacent to an activating group) is 1. The molecule has 3 aromatic carbocycles. The van der Waals surface area contributed by atoms with Gasteiger partial charge >= 0.3 is 5.97 Å². The van der Waals surface area contributed by atoms with Crippen LogP contribution in [0.5, 0.6) is 5.75 Å². The summed E-state index contributed by atoms with van der Waals surface area (Å²) >= 11 is 0. The minimum absolute atomic E-state index is 0.0397. The number of hydrogen-bond donors (Lipinski definition) is 4. The zero-order valence-corrected chi connectivity index (χ0v) is 24.7. The quantitative estimate of drug-likeness (QED) is 0.232. The minimum Gasteiger partial charge on any atom is -0.508 e. The molecule has 0 aliphatic carbocycles. The molecule has 1 fully saturated rings. The molecule has 10 heteroatoms. The Morgan fingerprint density at radius 3 is 2.35 bits per heavy atom. The molecule has 230 valence electrons. The summed E-state index contributed by atoms with van der Waals surface area (Å²) in [5, 5.41) is 32.7. The molecule has 0 radical (unpaired) electrons. The van der Waals surface area contributed by atoms with Crippen LogP contribution in [0.2, 0.25) is 0 Å². The van der Waals surface area contributed by atoms with Gasteiger partial charge in [0.25, 0.3) is 5.91 Å². The second kappa shape index (κ2) is 15.1. The number of carbonyl (C=O) groups is 2. The largest absolute Gasteiger partial charge is 0.508 e. The van der Waals surface area contributed by atoms with Gasteiger partial charge in [-0.2, -0.15) is 0 Å². The Morgan fingerprint density at radius 1 is 1.02 bits per heavy atom. The lowest BCUT2D eigenvalue weighted by Crippen LogP contribution is -2.39. The van der Waals surface area contributed by atoms with Crippen LogP contribution in [0, 0.1) is 0 Å². The molecule has 0 spiro atoms. The summed E-state index contributed by atoms with van der Waals surface area (Å²) < 4.78 is 17.7. The van der Waals surface area contributed by atoms with E-state index in [4.69, 9.17) is 14.2 Å². The first kappa shape index (κ1) is 32.1. The Kier molecular flexibility index (Phi) is 11.3. The smallest absolute Gasteiger partial charge is 0.303 e. The molecule has 1 unspecified atom stereocenters. The maximum atomic E-state index is 12.2. The van der Waals surface area contributed by atoms with Gasteiger partial charge in [0, 0.05) is 38.5 Å². The first-order valence-corrected chi connectivity index (χ1v) is 14.3. The lowest BCUT2D eigenvalue weighted by molar-refractivity contribution is -0.252. The summed E-state index contributed by atoms with van der Waals surface area (Å²) in [5.41, 5.74) is 4.09. The average molecular weight is 593 g/mol. The van der Waals surface area contributed by atoms with Crippen LogP contribution in [0.25, 0.3) is 0 Å². The van der Waals surface area contributed by atoms with E-state index >= 15 is 0 Å². The van der Waals surface area contributed by atoms with E-state index in [1.54, 1.807) is 24.3 Å². The normalized spacial score (nSPS) is 19.9. The van der Waals surface area contributed by atoms with Crippen molar-refractivity contribution in [1.29, 1.82) is 0 Å². The number of phenolic OH excluding ortho intramolecular Hbond substituents is 1. The monoisotopic (exact) mass is 592 g/mol. The number of rotatable bonds is 12. The molecule has 0 aromatic heterocycles. The summed E-state index contributed by atoms with van der Waals surface area (Å²) in [4.78, 5) is 25.3. The Hall–Kier alpha value is -3.80. The molecular formula is C33H40N2O8. The van der Waals surface area contributed by atoms with Crippen LogP contribution in [0.15, 0.2) is 72.8 Å². The standard InChI is InChI=1S/C33H40N2O8/c1-21(41-22(2)37)32(40)34-17-23-7-13-26(14-8-23)33-42-29(16-31(43-33)25-11-9-24(20-36)10-12-25)18-35(3)19-30(39)27-5-4-6-28(38)15-27/h4-15,21,29-31,33,36,38-39H,16-20H2,1-3H3,(H,34,40)/t21-,29-,30+,31+,33?/m0/s1. The SMILES string of the molecule is CC(=O)O[C@@H](C)C(=O)NCc1ccc(C2O[C@H](CN(C)C[C@@H](O)c3cccc(O)c3)C[C@H](c3ccc(CO)cc3)O2)cc1. The Labute approximate surface area is 251 Å². The fourth-order valence-electron chi connectivity index (χ4n) is 5.02. The number of esters is 1. The first-order chi connectivity index (χ1) is 20.6.